The molecule has 5 heteroatoms. The van der Waals surface area contributed by atoms with E-state index in [0.29, 0.717) is 12.0 Å². The zero-order valence-electron chi connectivity index (χ0n) is 36.2. The maximum Gasteiger partial charge on any atom is 0.106 e. The largest absolute Gasteiger partial charge is 0.412 e. The number of ether oxygens (including phenoxy) is 1. The van der Waals surface area contributed by atoms with E-state index in [1.54, 1.807) is 10.5 Å². The summed E-state index contributed by atoms with van der Waals surface area (Å²) in [6.07, 6.45) is 30.6. The Bertz CT molecular complexity index is 1180. The van der Waals surface area contributed by atoms with Crippen molar-refractivity contribution in [1.82, 2.24) is 4.90 Å². The molecule has 0 aromatic carbocycles. The van der Waals surface area contributed by atoms with Crippen molar-refractivity contribution in [3.05, 3.63) is 63.7 Å². The third-order valence-electron chi connectivity index (χ3n) is 11.1. The summed E-state index contributed by atoms with van der Waals surface area (Å²) in [5.41, 5.74) is 11.3. The molecule has 3 heterocycles. The summed E-state index contributed by atoms with van der Waals surface area (Å²) in [5, 5.41) is 0. The Balaban J connectivity index is 0.00000288. The van der Waals surface area contributed by atoms with Crippen molar-refractivity contribution in [2.24, 2.45) is 11.8 Å². The van der Waals surface area contributed by atoms with Crippen LogP contribution in [0.1, 0.15) is 198 Å². The molecule has 0 bridgehead atoms. The van der Waals surface area contributed by atoms with Gasteiger partial charge in [-0.25, -0.2) is 0 Å². The number of carbonyl (C=O) groups is 1. The van der Waals surface area contributed by atoms with Crippen molar-refractivity contribution < 1.29 is 15.0 Å². The number of hydrogen-bond acceptors (Lipinski definition) is 4. The average molecular weight is 768 g/mol. The highest BCUT2D eigenvalue weighted by molar-refractivity contribution is 7.13. The molecule has 2 aliphatic heterocycles. The van der Waals surface area contributed by atoms with Crippen LogP contribution >= 0.6 is 11.3 Å². The number of likely N-dealkylation sites (tertiary alicyclic amines) is 1. The second-order valence-corrected chi connectivity index (χ2v) is 16.8. The van der Waals surface area contributed by atoms with Gasteiger partial charge in [-0.1, -0.05) is 136 Å². The maximum atomic E-state index is 8.00. The molecule has 4 rings (SSSR count). The predicted molar refractivity (Wildman–Crippen MR) is 240 cm³/mol. The van der Waals surface area contributed by atoms with Gasteiger partial charge in [0.05, 0.1) is 0 Å². The first-order valence-corrected chi connectivity index (χ1v) is 23.0. The first kappa shape index (κ1) is 52.0. The molecule has 310 valence electrons. The molecule has 3 aliphatic rings. The van der Waals surface area contributed by atoms with E-state index in [1.807, 2.05) is 6.79 Å². The molecular formula is C49H85NO3S. The van der Waals surface area contributed by atoms with E-state index in [2.05, 4.69) is 101 Å². The highest BCUT2D eigenvalue weighted by Gasteiger charge is 2.30. The average Bonchev–Trinajstić information content (AvgIpc) is 3.68. The lowest BCUT2D eigenvalue weighted by atomic mass is 9.83. The summed E-state index contributed by atoms with van der Waals surface area (Å²) < 4.78 is 5.72. The minimum absolute atomic E-state index is 0. The predicted octanol–water partition coefficient (Wildman–Crippen LogP) is 14.3. The van der Waals surface area contributed by atoms with E-state index < -0.39 is 0 Å². The Labute approximate surface area is 339 Å². The second kappa shape index (κ2) is 34.3. The molecule has 2 N–H and O–H groups in total. The van der Waals surface area contributed by atoms with Gasteiger partial charge in [0.15, 0.2) is 0 Å². The molecule has 2 atom stereocenters. The molecular weight excluding hydrogens is 683 g/mol. The van der Waals surface area contributed by atoms with Crippen molar-refractivity contribution in [1.29, 1.82) is 0 Å². The molecule has 54 heavy (non-hydrogen) atoms. The van der Waals surface area contributed by atoms with E-state index in [0.717, 1.165) is 37.9 Å². The first-order chi connectivity index (χ1) is 26.0. The van der Waals surface area contributed by atoms with E-state index in [-0.39, 0.29) is 5.48 Å². The van der Waals surface area contributed by atoms with Crippen molar-refractivity contribution >= 4 is 23.7 Å². The number of carbonyl (C=O) groups excluding carboxylic acids is 1. The smallest absolute Gasteiger partial charge is 0.106 e. The molecule has 2 saturated heterocycles. The number of allylic oxidation sites excluding steroid dienone is 3. The van der Waals surface area contributed by atoms with Gasteiger partial charge in [0.2, 0.25) is 0 Å². The first-order valence-electron chi connectivity index (χ1n) is 22.2. The molecule has 4 nitrogen and oxygen atoms in total. The molecule has 0 radical (unpaired) electrons. The summed E-state index contributed by atoms with van der Waals surface area (Å²) in [6.45, 7) is 27.8. The Hall–Kier alpha value is -1.97. The highest BCUT2D eigenvalue weighted by Crippen LogP contribution is 2.41. The number of piperidine rings is 1. The molecule has 1 aromatic heterocycles. The van der Waals surface area contributed by atoms with Gasteiger partial charge in [-0.3, -0.25) is 4.90 Å². The van der Waals surface area contributed by atoms with Crippen LogP contribution in [0.2, 0.25) is 0 Å². The van der Waals surface area contributed by atoms with E-state index >= 15 is 0 Å². The Morgan fingerprint density at radius 2 is 1.52 bits per heavy atom. The molecule has 1 aromatic rings. The monoisotopic (exact) mass is 768 g/mol. The Morgan fingerprint density at radius 3 is 2.13 bits per heavy atom. The van der Waals surface area contributed by atoms with Crippen LogP contribution in [0.5, 0.6) is 0 Å². The fraction of sp³-hybridized carbons (Fsp3) is 0.735. The zero-order valence-corrected chi connectivity index (χ0v) is 37.0. The number of hydrogen-bond donors (Lipinski definition) is 0. The number of nitrogens with zero attached hydrogens (tertiary/aromatic N) is 1. The van der Waals surface area contributed by atoms with Crippen LogP contribution in [0.3, 0.4) is 0 Å². The molecule has 0 amide bonds. The summed E-state index contributed by atoms with van der Waals surface area (Å²) in [5.74, 6) is 2.26. The number of unbranched alkanes of at least 4 members (excludes halogenated alkanes) is 2. The zero-order chi connectivity index (χ0) is 39.1. The molecule has 1 aliphatic carbocycles. The van der Waals surface area contributed by atoms with Gasteiger partial charge in [0.25, 0.3) is 0 Å². The SMILES string of the molecule is C=C=C=C(C[C@H](CCC1CCOCC1)c1ccc(/C(CCCCC)=C(/C=C)CCC)s1)[C@@H]1CCCCN1CCC1CCCCC1.C=O.CCC.CCC.O. The van der Waals surface area contributed by atoms with Gasteiger partial charge in [-0.15, -0.1) is 11.3 Å². The number of thiophene rings is 1. The number of rotatable bonds is 18. The molecule has 3 fully saturated rings. The van der Waals surface area contributed by atoms with Gasteiger partial charge in [0, 0.05) is 29.0 Å². The standard InChI is InChI=1S/C42H65NOS.2C3H8.CH2O.H2O/c1-5-9-11-20-39(36(8-4)16-6-2)42-25-24-41(45-42)38(23-22-35-27-31-44-32-28-35)33-37(17-7-3)40-21-14-15-29-43(40)30-26-34-18-12-10-13-19-34;2*1-3-2;1-2;/h8,24-25,34-35,38,40H,3-6,9-16,18-23,26-33H2,1-2H3;2*3H2,1-2H3;1H2;1H2/b39-36-;;;;/t38-,40-;;;;/m0..../s1. The van der Waals surface area contributed by atoms with Crippen LogP contribution in [0, 0.1) is 11.8 Å². The van der Waals surface area contributed by atoms with E-state index in [4.69, 9.17) is 9.53 Å². The van der Waals surface area contributed by atoms with Crippen LogP contribution in [-0.2, 0) is 9.53 Å². The molecule has 0 unspecified atom stereocenters. The topological polar surface area (TPSA) is 61.0 Å². The summed E-state index contributed by atoms with van der Waals surface area (Å²) in [4.78, 5) is 13.9. The van der Waals surface area contributed by atoms with Crippen LogP contribution < -0.4 is 0 Å². The Kier molecular flexibility index (Phi) is 33.0. The third-order valence-corrected chi connectivity index (χ3v) is 12.4. The van der Waals surface area contributed by atoms with E-state index in [1.165, 1.54) is 158 Å². The lowest BCUT2D eigenvalue weighted by Crippen LogP contribution is -2.42. The molecule has 1 saturated carbocycles. The van der Waals surface area contributed by atoms with Crippen molar-refractivity contribution in [2.45, 2.75) is 195 Å². The van der Waals surface area contributed by atoms with Gasteiger partial charge in [-0.2, -0.15) is 0 Å². The van der Waals surface area contributed by atoms with Crippen molar-refractivity contribution in [3.8, 4) is 0 Å². The normalized spacial score (nSPS) is 18.7. The third kappa shape index (κ3) is 20.3. The van der Waals surface area contributed by atoms with Crippen LogP contribution in [0.4, 0.5) is 0 Å². The van der Waals surface area contributed by atoms with Crippen LogP contribution in [-0.4, -0.2) is 49.5 Å². The second-order valence-electron chi connectivity index (χ2n) is 15.7. The minimum Gasteiger partial charge on any atom is -0.412 e. The van der Waals surface area contributed by atoms with Gasteiger partial charge in [-0.05, 0) is 137 Å². The van der Waals surface area contributed by atoms with E-state index in [9.17, 15) is 0 Å². The van der Waals surface area contributed by atoms with Crippen molar-refractivity contribution in [3.63, 3.8) is 0 Å². The van der Waals surface area contributed by atoms with Gasteiger partial charge >= 0.3 is 0 Å². The quantitative estimate of drug-likeness (QED) is 0.0849. The highest BCUT2D eigenvalue weighted by atomic mass is 32.1. The van der Waals surface area contributed by atoms with Gasteiger partial charge in [0.1, 0.15) is 6.79 Å². The fourth-order valence-electron chi connectivity index (χ4n) is 8.32. The molecule has 0 spiro atoms. The Morgan fingerprint density at radius 1 is 0.870 bits per heavy atom. The van der Waals surface area contributed by atoms with Gasteiger partial charge < -0.3 is 15.0 Å². The summed E-state index contributed by atoms with van der Waals surface area (Å²) in [6, 6.07) is 5.44. The summed E-state index contributed by atoms with van der Waals surface area (Å²) >= 11 is 2.08. The van der Waals surface area contributed by atoms with Crippen LogP contribution in [0.15, 0.2) is 54.0 Å². The summed E-state index contributed by atoms with van der Waals surface area (Å²) in [7, 11) is 0. The maximum absolute atomic E-state index is 8.00. The minimum atomic E-state index is 0. The van der Waals surface area contributed by atoms with Crippen molar-refractivity contribution in [2.75, 3.05) is 26.3 Å². The fourth-order valence-corrected chi connectivity index (χ4v) is 9.57. The van der Waals surface area contributed by atoms with Crippen LogP contribution in [0.25, 0.3) is 5.57 Å². The lowest BCUT2D eigenvalue weighted by molar-refractivity contribution is -0.0980. The lowest BCUT2D eigenvalue weighted by Gasteiger charge is -2.38.